The summed E-state index contributed by atoms with van der Waals surface area (Å²) in [6.07, 6.45) is -0.121. The summed E-state index contributed by atoms with van der Waals surface area (Å²) in [6.45, 7) is 0. The Labute approximate surface area is 84.5 Å². The average molecular weight is 211 g/mol. The standard InChI is InChI=1S/C9H7ClN2O2/c10-5-2-1-3-6-9(5)7(12-11-6)4-8(13)14/h1-3H,4H2,(H,11,12)(H,13,14). The van der Waals surface area contributed by atoms with E-state index in [-0.39, 0.29) is 6.42 Å². The average Bonchev–Trinajstić information content (AvgIpc) is 2.49. The van der Waals surface area contributed by atoms with Crippen molar-refractivity contribution in [3.05, 3.63) is 28.9 Å². The first-order valence-electron chi connectivity index (χ1n) is 4.02. The molecule has 0 spiro atoms. The lowest BCUT2D eigenvalue weighted by Gasteiger charge is -1.94. The van der Waals surface area contributed by atoms with E-state index >= 15 is 0 Å². The highest BCUT2D eigenvalue weighted by molar-refractivity contribution is 6.35. The second kappa shape index (κ2) is 3.31. The predicted molar refractivity (Wildman–Crippen MR) is 52.4 cm³/mol. The number of fused-ring (bicyclic) bond motifs is 1. The Morgan fingerprint density at radius 1 is 1.57 bits per heavy atom. The van der Waals surface area contributed by atoms with Crippen LogP contribution in [-0.2, 0) is 11.2 Å². The van der Waals surface area contributed by atoms with Gasteiger partial charge in [0.15, 0.2) is 0 Å². The van der Waals surface area contributed by atoms with Crippen LogP contribution in [0.4, 0.5) is 0 Å². The van der Waals surface area contributed by atoms with Gasteiger partial charge >= 0.3 is 5.97 Å². The van der Waals surface area contributed by atoms with E-state index in [0.29, 0.717) is 16.1 Å². The number of nitrogens with one attached hydrogen (secondary N) is 1. The molecule has 0 aliphatic rings. The fraction of sp³-hybridized carbons (Fsp3) is 0.111. The summed E-state index contributed by atoms with van der Waals surface area (Å²) in [5.74, 6) is -0.918. The minimum Gasteiger partial charge on any atom is -0.481 e. The minimum absolute atomic E-state index is 0.121. The van der Waals surface area contributed by atoms with Gasteiger partial charge in [-0.3, -0.25) is 9.89 Å². The molecule has 0 atom stereocenters. The van der Waals surface area contributed by atoms with Crippen LogP contribution in [-0.4, -0.2) is 21.3 Å². The molecule has 2 N–H and O–H groups in total. The number of aliphatic carboxylic acids is 1. The lowest BCUT2D eigenvalue weighted by Crippen LogP contribution is -2.00. The SMILES string of the molecule is O=C(O)Cc1n[nH]c2cccc(Cl)c12. The zero-order valence-corrected chi connectivity index (χ0v) is 7.88. The summed E-state index contributed by atoms with van der Waals surface area (Å²) in [6, 6.07) is 5.30. The molecular formula is C9H7ClN2O2. The van der Waals surface area contributed by atoms with Crippen LogP contribution in [0.2, 0.25) is 5.02 Å². The third-order valence-electron chi connectivity index (χ3n) is 1.93. The first-order chi connectivity index (χ1) is 6.68. The number of H-pyrrole nitrogens is 1. The van der Waals surface area contributed by atoms with Gasteiger partial charge in [-0.25, -0.2) is 0 Å². The fourth-order valence-electron chi connectivity index (χ4n) is 1.37. The Morgan fingerprint density at radius 2 is 2.36 bits per heavy atom. The highest BCUT2D eigenvalue weighted by Crippen LogP contribution is 2.24. The minimum atomic E-state index is -0.918. The number of carboxylic acid groups (broad SMARTS) is 1. The van der Waals surface area contributed by atoms with Crippen molar-refractivity contribution >= 4 is 28.5 Å². The van der Waals surface area contributed by atoms with E-state index in [9.17, 15) is 4.79 Å². The van der Waals surface area contributed by atoms with Crippen LogP contribution in [0.3, 0.4) is 0 Å². The molecule has 0 radical (unpaired) electrons. The van der Waals surface area contributed by atoms with E-state index in [1.165, 1.54) is 0 Å². The van der Waals surface area contributed by atoms with Crippen LogP contribution in [0.5, 0.6) is 0 Å². The molecule has 0 unspecified atom stereocenters. The number of aromatic amines is 1. The topological polar surface area (TPSA) is 66.0 Å². The van der Waals surface area contributed by atoms with E-state index in [1.807, 2.05) is 0 Å². The molecule has 4 nitrogen and oxygen atoms in total. The second-order valence-electron chi connectivity index (χ2n) is 2.90. The molecule has 0 aliphatic heterocycles. The van der Waals surface area contributed by atoms with E-state index in [4.69, 9.17) is 16.7 Å². The van der Waals surface area contributed by atoms with E-state index < -0.39 is 5.97 Å². The van der Waals surface area contributed by atoms with Crippen molar-refractivity contribution < 1.29 is 9.90 Å². The number of benzene rings is 1. The van der Waals surface area contributed by atoms with Crippen molar-refractivity contribution in [2.45, 2.75) is 6.42 Å². The monoisotopic (exact) mass is 210 g/mol. The highest BCUT2D eigenvalue weighted by Gasteiger charge is 2.11. The van der Waals surface area contributed by atoms with Gasteiger partial charge in [0, 0.05) is 5.39 Å². The summed E-state index contributed by atoms with van der Waals surface area (Å²) in [5, 5.41) is 16.5. The molecule has 0 saturated heterocycles. The number of halogens is 1. The van der Waals surface area contributed by atoms with E-state index in [2.05, 4.69) is 10.2 Å². The van der Waals surface area contributed by atoms with Gasteiger partial charge in [0.2, 0.25) is 0 Å². The molecule has 1 aromatic heterocycles. The molecule has 5 heteroatoms. The fourth-order valence-corrected chi connectivity index (χ4v) is 1.65. The smallest absolute Gasteiger partial charge is 0.309 e. The largest absolute Gasteiger partial charge is 0.481 e. The molecule has 14 heavy (non-hydrogen) atoms. The Morgan fingerprint density at radius 3 is 3.07 bits per heavy atom. The number of hydrogen-bond donors (Lipinski definition) is 2. The summed E-state index contributed by atoms with van der Waals surface area (Å²) in [4.78, 5) is 10.5. The van der Waals surface area contributed by atoms with Gasteiger partial charge in [0.25, 0.3) is 0 Å². The predicted octanol–water partition coefficient (Wildman–Crippen LogP) is 1.84. The number of hydrogen-bond acceptors (Lipinski definition) is 2. The summed E-state index contributed by atoms with van der Waals surface area (Å²) >= 11 is 5.93. The highest BCUT2D eigenvalue weighted by atomic mass is 35.5. The van der Waals surface area contributed by atoms with Gasteiger partial charge in [-0.15, -0.1) is 0 Å². The molecule has 0 aliphatic carbocycles. The third-order valence-corrected chi connectivity index (χ3v) is 2.25. The maximum atomic E-state index is 10.5. The van der Waals surface area contributed by atoms with Gasteiger partial charge in [-0.05, 0) is 12.1 Å². The van der Waals surface area contributed by atoms with Crippen LogP contribution >= 0.6 is 11.6 Å². The molecule has 0 fully saturated rings. The quantitative estimate of drug-likeness (QED) is 0.795. The first-order valence-corrected chi connectivity index (χ1v) is 4.39. The Hall–Kier alpha value is -1.55. The molecule has 2 rings (SSSR count). The van der Waals surface area contributed by atoms with Crippen molar-refractivity contribution in [2.75, 3.05) is 0 Å². The van der Waals surface area contributed by atoms with Crippen LogP contribution in [0, 0.1) is 0 Å². The number of aromatic nitrogens is 2. The van der Waals surface area contributed by atoms with Gasteiger partial charge in [0.05, 0.1) is 22.7 Å². The first kappa shape index (κ1) is 9.02. The second-order valence-corrected chi connectivity index (χ2v) is 3.31. The van der Waals surface area contributed by atoms with Crippen molar-refractivity contribution in [1.29, 1.82) is 0 Å². The molecule has 0 bridgehead atoms. The van der Waals surface area contributed by atoms with Gasteiger partial charge in [-0.1, -0.05) is 17.7 Å². The zero-order chi connectivity index (χ0) is 10.1. The van der Waals surface area contributed by atoms with Crippen LogP contribution in [0.25, 0.3) is 10.9 Å². The van der Waals surface area contributed by atoms with Crippen LogP contribution in [0.1, 0.15) is 5.69 Å². The van der Waals surface area contributed by atoms with Gasteiger partial charge in [-0.2, -0.15) is 5.10 Å². The summed E-state index contributed by atoms with van der Waals surface area (Å²) in [5.41, 5.74) is 1.23. The Bertz CT molecular complexity index is 493. The summed E-state index contributed by atoms with van der Waals surface area (Å²) in [7, 11) is 0. The van der Waals surface area contributed by atoms with E-state index in [0.717, 1.165) is 5.52 Å². The van der Waals surface area contributed by atoms with Crippen molar-refractivity contribution in [1.82, 2.24) is 10.2 Å². The van der Waals surface area contributed by atoms with E-state index in [1.54, 1.807) is 18.2 Å². The van der Waals surface area contributed by atoms with Gasteiger partial charge < -0.3 is 5.11 Å². The number of carboxylic acids is 1. The lowest BCUT2D eigenvalue weighted by molar-refractivity contribution is -0.136. The maximum Gasteiger partial charge on any atom is 0.309 e. The molecular weight excluding hydrogens is 204 g/mol. The summed E-state index contributed by atoms with van der Waals surface area (Å²) < 4.78 is 0. The van der Waals surface area contributed by atoms with Gasteiger partial charge in [0.1, 0.15) is 0 Å². The molecule has 2 aromatic rings. The number of rotatable bonds is 2. The zero-order valence-electron chi connectivity index (χ0n) is 7.12. The Balaban J connectivity index is 2.61. The molecule has 72 valence electrons. The van der Waals surface area contributed by atoms with Crippen molar-refractivity contribution in [3.63, 3.8) is 0 Å². The molecule has 1 heterocycles. The third kappa shape index (κ3) is 1.44. The van der Waals surface area contributed by atoms with Crippen molar-refractivity contribution in [3.8, 4) is 0 Å². The Kier molecular flexibility index (Phi) is 2.13. The number of nitrogens with zero attached hydrogens (tertiary/aromatic N) is 1. The molecule has 1 aromatic carbocycles. The van der Waals surface area contributed by atoms with Crippen molar-refractivity contribution in [2.24, 2.45) is 0 Å². The van der Waals surface area contributed by atoms with Crippen LogP contribution < -0.4 is 0 Å². The molecule has 0 amide bonds. The van der Waals surface area contributed by atoms with Crippen LogP contribution in [0.15, 0.2) is 18.2 Å². The normalized spacial score (nSPS) is 10.6. The lowest BCUT2D eigenvalue weighted by atomic mass is 10.2. The number of carbonyl (C=O) groups is 1. The molecule has 0 saturated carbocycles. The maximum absolute atomic E-state index is 10.5.